The second-order valence-corrected chi connectivity index (χ2v) is 3.26. The lowest BCUT2D eigenvalue weighted by molar-refractivity contribution is -0.193. The summed E-state index contributed by atoms with van der Waals surface area (Å²) in [6, 6.07) is 4.11. The molecule has 4 heteroatoms. The van der Waals surface area contributed by atoms with Gasteiger partial charge in [0.05, 0.1) is 19.3 Å². The van der Waals surface area contributed by atoms with E-state index in [0.717, 1.165) is 5.56 Å². The van der Waals surface area contributed by atoms with Gasteiger partial charge in [0, 0.05) is 18.0 Å². The molecule has 1 N–H and O–H groups in total. The Bertz CT molecular complexity index is 271. The quantitative estimate of drug-likeness (QED) is 0.753. The van der Waals surface area contributed by atoms with Gasteiger partial charge in [0.2, 0.25) is 0 Å². The van der Waals surface area contributed by atoms with E-state index in [1.54, 1.807) is 12.4 Å². The van der Waals surface area contributed by atoms with E-state index in [-0.39, 0.29) is 6.29 Å². The van der Waals surface area contributed by atoms with Crippen LogP contribution in [-0.2, 0) is 9.47 Å². The van der Waals surface area contributed by atoms with Crippen molar-refractivity contribution in [3.05, 3.63) is 30.1 Å². The lowest BCUT2D eigenvalue weighted by Gasteiger charge is -2.29. The third-order valence-corrected chi connectivity index (χ3v) is 2.28. The minimum Gasteiger partial charge on any atom is -0.347 e. The van der Waals surface area contributed by atoms with Gasteiger partial charge in [-0.25, -0.2) is 0 Å². The first kappa shape index (κ1) is 9.58. The maximum Gasteiger partial charge on any atom is 0.184 e. The third-order valence-electron chi connectivity index (χ3n) is 2.28. The van der Waals surface area contributed by atoms with Crippen LogP contribution in [0.4, 0.5) is 0 Å². The van der Waals surface area contributed by atoms with Crippen LogP contribution in [0.1, 0.15) is 11.9 Å². The molecule has 0 bridgehead atoms. The van der Waals surface area contributed by atoms with Gasteiger partial charge in [-0.2, -0.15) is 0 Å². The molecule has 14 heavy (non-hydrogen) atoms. The van der Waals surface area contributed by atoms with Gasteiger partial charge in [0.15, 0.2) is 6.29 Å². The molecular formula is C10H14N2O2. The zero-order valence-electron chi connectivity index (χ0n) is 8.14. The Morgan fingerprint density at radius 2 is 1.93 bits per heavy atom. The van der Waals surface area contributed by atoms with E-state index in [2.05, 4.69) is 10.3 Å². The van der Waals surface area contributed by atoms with Gasteiger partial charge in [-0.1, -0.05) is 0 Å². The Kier molecular flexibility index (Phi) is 3.08. The van der Waals surface area contributed by atoms with E-state index >= 15 is 0 Å². The van der Waals surface area contributed by atoms with Crippen LogP contribution in [0.25, 0.3) is 0 Å². The molecule has 4 nitrogen and oxygen atoms in total. The minimum atomic E-state index is -0.234. The van der Waals surface area contributed by atoms with Crippen molar-refractivity contribution in [3.63, 3.8) is 0 Å². The number of aromatic nitrogens is 1. The zero-order valence-corrected chi connectivity index (χ0v) is 8.14. The predicted octanol–water partition coefficient (Wildman–Crippen LogP) is 0.715. The molecule has 1 aromatic heterocycles. The zero-order chi connectivity index (χ0) is 9.80. The molecule has 0 aliphatic carbocycles. The highest BCUT2D eigenvalue weighted by Gasteiger charge is 2.21. The predicted molar refractivity (Wildman–Crippen MR) is 51.7 cm³/mol. The smallest absolute Gasteiger partial charge is 0.184 e. The highest BCUT2D eigenvalue weighted by atomic mass is 16.7. The van der Waals surface area contributed by atoms with Crippen molar-refractivity contribution in [2.24, 2.45) is 0 Å². The molecule has 1 aliphatic rings. The third kappa shape index (κ3) is 2.09. The largest absolute Gasteiger partial charge is 0.347 e. The highest BCUT2D eigenvalue weighted by Crippen LogP contribution is 2.21. The first-order chi connectivity index (χ1) is 6.90. The first-order valence-corrected chi connectivity index (χ1v) is 4.70. The molecule has 76 valence electrons. The first-order valence-electron chi connectivity index (χ1n) is 4.70. The lowest BCUT2D eigenvalue weighted by Crippen LogP contribution is -2.40. The normalized spacial score (nSPS) is 27.5. The van der Waals surface area contributed by atoms with Crippen molar-refractivity contribution in [1.29, 1.82) is 0 Å². The van der Waals surface area contributed by atoms with Crippen LogP contribution in [-0.4, -0.2) is 31.3 Å². The molecule has 1 saturated heterocycles. The Hall–Kier alpha value is -0.970. The summed E-state index contributed by atoms with van der Waals surface area (Å²) in [5.41, 5.74) is 1.02. The molecule has 0 radical (unpaired) electrons. The van der Waals surface area contributed by atoms with Gasteiger partial charge in [0.1, 0.15) is 0 Å². The summed E-state index contributed by atoms with van der Waals surface area (Å²) in [6.45, 7) is 1.37. The Morgan fingerprint density at radius 3 is 2.50 bits per heavy atom. The fourth-order valence-corrected chi connectivity index (χ4v) is 1.38. The number of rotatable bonds is 2. The summed E-state index contributed by atoms with van der Waals surface area (Å²) in [5, 5.41) is 3.11. The van der Waals surface area contributed by atoms with Crippen molar-refractivity contribution in [2.75, 3.05) is 20.3 Å². The number of likely N-dealkylation sites (N-methyl/N-ethyl adjacent to an activating group) is 1. The summed E-state index contributed by atoms with van der Waals surface area (Å²) < 4.78 is 11.1. The monoisotopic (exact) mass is 194 g/mol. The Morgan fingerprint density at radius 1 is 1.29 bits per heavy atom. The SMILES string of the molecule is CNC1COC(c2ccncc2)OC1. The second kappa shape index (κ2) is 4.50. The standard InChI is InChI=1S/C10H14N2O2/c1-11-9-6-13-10(14-7-9)8-2-4-12-5-3-8/h2-5,9-11H,6-7H2,1H3. The van der Waals surface area contributed by atoms with Crippen molar-refractivity contribution in [3.8, 4) is 0 Å². The molecule has 1 aliphatic heterocycles. The molecule has 0 aromatic carbocycles. The van der Waals surface area contributed by atoms with Crippen LogP contribution in [0.2, 0.25) is 0 Å². The van der Waals surface area contributed by atoms with E-state index in [9.17, 15) is 0 Å². The van der Waals surface area contributed by atoms with E-state index in [4.69, 9.17) is 9.47 Å². The van der Waals surface area contributed by atoms with Crippen molar-refractivity contribution < 1.29 is 9.47 Å². The summed E-state index contributed by atoms with van der Waals surface area (Å²) in [5.74, 6) is 0. The van der Waals surface area contributed by atoms with E-state index in [1.165, 1.54) is 0 Å². The maximum atomic E-state index is 5.56. The van der Waals surface area contributed by atoms with Gasteiger partial charge in [-0.3, -0.25) is 4.98 Å². The van der Waals surface area contributed by atoms with Gasteiger partial charge < -0.3 is 14.8 Å². The number of hydrogen-bond acceptors (Lipinski definition) is 4. The van der Waals surface area contributed by atoms with Crippen molar-refractivity contribution in [2.45, 2.75) is 12.3 Å². The summed E-state index contributed by atoms with van der Waals surface area (Å²) in [4.78, 5) is 3.95. The molecule has 0 spiro atoms. The van der Waals surface area contributed by atoms with Gasteiger partial charge in [-0.05, 0) is 19.2 Å². The van der Waals surface area contributed by atoms with Crippen LogP contribution in [0.15, 0.2) is 24.5 Å². The molecule has 2 rings (SSSR count). The average molecular weight is 194 g/mol. The fourth-order valence-electron chi connectivity index (χ4n) is 1.38. The summed E-state index contributed by atoms with van der Waals surface area (Å²) >= 11 is 0. The van der Waals surface area contributed by atoms with Crippen LogP contribution in [0.3, 0.4) is 0 Å². The van der Waals surface area contributed by atoms with Crippen molar-refractivity contribution in [1.82, 2.24) is 10.3 Å². The lowest BCUT2D eigenvalue weighted by atomic mass is 10.2. The van der Waals surface area contributed by atoms with Gasteiger partial charge >= 0.3 is 0 Å². The van der Waals surface area contributed by atoms with Crippen molar-refractivity contribution >= 4 is 0 Å². The van der Waals surface area contributed by atoms with Crippen LogP contribution < -0.4 is 5.32 Å². The number of hydrogen-bond donors (Lipinski definition) is 1. The number of nitrogens with one attached hydrogen (secondary N) is 1. The Balaban J connectivity index is 1.96. The van der Waals surface area contributed by atoms with Crippen LogP contribution >= 0.6 is 0 Å². The summed E-state index contributed by atoms with van der Waals surface area (Å²) in [6.07, 6.45) is 3.25. The topological polar surface area (TPSA) is 43.4 Å². The van der Waals surface area contributed by atoms with Gasteiger partial charge in [0.25, 0.3) is 0 Å². The second-order valence-electron chi connectivity index (χ2n) is 3.26. The Labute approximate surface area is 83.2 Å². The van der Waals surface area contributed by atoms with E-state index in [0.29, 0.717) is 19.3 Å². The number of ether oxygens (including phenoxy) is 2. The maximum absolute atomic E-state index is 5.56. The van der Waals surface area contributed by atoms with E-state index in [1.807, 2.05) is 19.2 Å². The molecule has 1 fully saturated rings. The molecule has 0 atom stereocenters. The molecule has 0 unspecified atom stereocenters. The average Bonchev–Trinajstić information content (AvgIpc) is 2.30. The number of nitrogens with zero attached hydrogens (tertiary/aromatic N) is 1. The van der Waals surface area contributed by atoms with Crippen LogP contribution in [0.5, 0.6) is 0 Å². The molecule has 0 amide bonds. The molecule has 1 aromatic rings. The molecular weight excluding hydrogens is 180 g/mol. The minimum absolute atomic E-state index is 0.234. The van der Waals surface area contributed by atoms with Gasteiger partial charge in [-0.15, -0.1) is 0 Å². The highest BCUT2D eigenvalue weighted by molar-refractivity contribution is 5.11. The fraction of sp³-hybridized carbons (Fsp3) is 0.500. The molecule has 2 heterocycles. The summed E-state index contributed by atoms with van der Waals surface area (Å²) in [7, 11) is 1.91. The molecule has 0 saturated carbocycles. The van der Waals surface area contributed by atoms with Crippen LogP contribution in [0, 0.1) is 0 Å². The number of pyridine rings is 1. The van der Waals surface area contributed by atoms with E-state index < -0.39 is 0 Å².